The molecule has 0 aromatic heterocycles. The molecule has 6 aromatic rings. The van der Waals surface area contributed by atoms with Crippen molar-refractivity contribution in [3.05, 3.63) is 132 Å². The van der Waals surface area contributed by atoms with E-state index < -0.39 is 0 Å². The Hall–Kier alpha value is -1.29. The molecule has 0 amide bonds. The molecular formula is C34H28K2N2+2. The second-order valence-corrected chi connectivity index (χ2v) is 9.30. The van der Waals surface area contributed by atoms with E-state index in [1.54, 1.807) is 0 Å². The van der Waals surface area contributed by atoms with Crippen molar-refractivity contribution in [3.8, 4) is 11.1 Å². The summed E-state index contributed by atoms with van der Waals surface area (Å²) < 4.78 is 0. The molecule has 2 nitrogen and oxygen atoms in total. The molecule has 0 aliphatic carbocycles. The first-order valence-electron chi connectivity index (χ1n) is 12.4. The van der Waals surface area contributed by atoms with E-state index in [4.69, 9.17) is 0 Å². The summed E-state index contributed by atoms with van der Waals surface area (Å²) in [6.07, 6.45) is 0. The van der Waals surface area contributed by atoms with Gasteiger partial charge in [0.25, 0.3) is 0 Å². The zero-order valence-electron chi connectivity index (χ0n) is 22.5. The number of nitrogens with one attached hydrogen (secondary N) is 2. The summed E-state index contributed by atoms with van der Waals surface area (Å²) in [6, 6.07) is 42.9. The van der Waals surface area contributed by atoms with E-state index in [1.165, 1.54) is 43.8 Å². The molecular weight excluding hydrogens is 515 g/mol. The molecule has 0 heterocycles. The van der Waals surface area contributed by atoms with Crippen molar-refractivity contribution >= 4 is 44.3 Å². The number of fused-ring (bicyclic) bond motifs is 2. The van der Waals surface area contributed by atoms with Crippen LogP contribution in [0.2, 0.25) is 0 Å². The maximum atomic E-state index is 3.64. The summed E-state index contributed by atoms with van der Waals surface area (Å²) in [6.45, 7) is 4.38. The molecule has 0 fully saturated rings. The Labute approximate surface area is 310 Å². The van der Waals surface area contributed by atoms with Gasteiger partial charge in [-0.3, -0.25) is 0 Å². The van der Waals surface area contributed by atoms with Crippen LogP contribution in [0.4, 0.5) is 22.7 Å². The quantitative estimate of drug-likeness (QED) is 0.324. The van der Waals surface area contributed by atoms with Gasteiger partial charge in [0, 0.05) is 33.5 Å². The fraction of sp³-hybridized carbons (Fsp3) is 0.0588. The number of hydrogen-bond donors (Lipinski definition) is 2. The van der Waals surface area contributed by atoms with E-state index >= 15 is 0 Å². The van der Waals surface area contributed by atoms with Crippen LogP contribution in [-0.2, 0) is 0 Å². The van der Waals surface area contributed by atoms with Gasteiger partial charge in [0.05, 0.1) is 0 Å². The van der Waals surface area contributed by atoms with E-state index in [1.807, 2.05) is 12.1 Å². The molecule has 2 N–H and O–H groups in total. The minimum atomic E-state index is 0. The van der Waals surface area contributed by atoms with Crippen LogP contribution in [0.25, 0.3) is 32.7 Å². The summed E-state index contributed by atoms with van der Waals surface area (Å²) in [5.74, 6) is 0. The molecule has 0 bridgehead atoms. The maximum absolute atomic E-state index is 3.64. The molecule has 0 saturated carbocycles. The second kappa shape index (κ2) is 13.4. The normalized spacial score (nSPS) is 10.5. The standard InChI is InChI=1S/C34H28N2.2K/c1-23-11-9-17-29-27(19-21-31(33(23)29)35-25-13-5-3-6-14-25)28-20-22-32(36-26-15-7-4-8-16-26)34-24(2)12-10-18-30(28)34;;/h3-22,35-36H,1-2H3;;/q;2*+1. The van der Waals surface area contributed by atoms with Crippen molar-refractivity contribution < 1.29 is 103 Å². The molecule has 0 saturated heterocycles. The third-order valence-corrected chi connectivity index (χ3v) is 6.89. The van der Waals surface area contributed by atoms with Crippen LogP contribution in [0.3, 0.4) is 0 Å². The number of aryl methyl sites for hydroxylation is 2. The third-order valence-electron chi connectivity index (χ3n) is 6.89. The Bertz CT molecular complexity index is 1570. The van der Waals surface area contributed by atoms with Crippen LogP contribution in [0.1, 0.15) is 11.1 Å². The minimum absolute atomic E-state index is 0. The van der Waals surface area contributed by atoms with Gasteiger partial charge in [-0.25, -0.2) is 0 Å². The Kier molecular flexibility index (Phi) is 10.5. The van der Waals surface area contributed by atoms with E-state index in [0.717, 1.165) is 22.7 Å². The summed E-state index contributed by atoms with van der Waals surface area (Å²) in [4.78, 5) is 0. The fourth-order valence-electron chi connectivity index (χ4n) is 5.21. The smallest absolute Gasteiger partial charge is 0.355 e. The molecule has 6 aromatic carbocycles. The molecule has 174 valence electrons. The first-order valence-corrected chi connectivity index (χ1v) is 12.4. The van der Waals surface area contributed by atoms with Gasteiger partial charge >= 0.3 is 103 Å². The molecule has 38 heavy (non-hydrogen) atoms. The van der Waals surface area contributed by atoms with E-state index in [9.17, 15) is 0 Å². The average Bonchev–Trinajstić information content (AvgIpc) is 2.91. The summed E-state index contributed by atoms with van der Waals surface area (Å²) >= 11 is 0. The van der Waals surface area contributed by atoms with Gasteiger partial charge in [-0.05, 0) is 83.3 Å². The molecule has 0 atom stereocenters. The van der Waals surface area contributed by atoms with Crippen molar-refractivity contribution in [2.24, 2.45) is 0 Å². The first-order chi connectivity index (χ1) is 17.7. The molecule has 0 unspecified atom stereocenters. The van der Waals surface area contributed by atoms with E-state index in [-0.39, 0.29) is 103 Å². The van der Waals surface area contributed by atoms with E-state index in [2.05, 4.69) is 134 Å². The number of rotatable bonds is 5. The summed E-state index contributed by atoms with van der Waals surface area (Å²) in [5.41, 5.74) is 9.44. The Morgan fingerprint density at radius 1 is 0.395 bits per heavy atom. The molecule has 4 heteroatoms. The zero-order chi connectivity index (χ0) is 24.5. The van der Waals surface area contributed by atoms with Gasteiger partial charge in [-0.1, -0.05) is 84.9 Å². The first kappa shape index (κ1) is 29.7. The molecule has 0 aliphatic rings. The van der Waals surface area contributed by atoms with Crippen molar-refractivity contribution in [3.63, 3.8) is 0 Å². The van der Waals surface area contributed by atoms with Crippen LogP contribution in [0.5, 0.6) is 0 Å². The summed E-state index contributed by atoms with van der Waals surface area (Å²) in [7, 11) is 0. The number of hydrogen-bond acceptors (Lipinski definition) is 2. The van der Waals surface area contributed by atoms with Gasteiger partial charge in [0.15, 0.2) is 0 Å². The van der Waals surface area contributed by atoms with Crippen LogP contribution >= 0.6 is 0 Å². The predicted octanol–water partition coefficient (Wildman–Crippen LogP) is 3.77. The van der Waals surface area contributed by atoms with Crippen molar-refractivity contribution in [1.82, 2.24) is 0 Å². The van der Waals surface area contributed by atoms with Gasteiger partial charge in [0.1, 0.15) is 0 Å². The zero-order valence-corrected chi connectivity index (χ0v) is 28.8. The molecule has 6 rings (SSSR count). The topological polar surface area (TPSA) is 24.1 Å². The maximum Gasteiger partial charge on any atom is 1.00 e. The third kappa shape index (κ3) is 6.06. The van der Waals surface area contributed by atoms with E-state index in [0.29, 0.717) is 0 Å². The molecule has 0 radical (unpaired) electrons. The Balaban J connectivity index is 0.00000168. The molecule has 0 aliphatic heterocycles. The minimum Gasteiger partial charge on any atom is -0.355 e. The number of benzene rings is 6. The fourth-order valence-corrected chi connectivity index (χ4v) is 5.21. The second-order valence-electron chi connectivity index (χ2n) is 9.30. The van der Waals surface area contributed by atoms with Crippen LogP contribution in [-0.4, -0.2) is 0 Å². The monoisotopic (exact) mass is 542 g/mol. The average molecular weight is 543 g/mol. The van der Waals surface area contributed by atoms with Crippen LogP contribution in [0.15, 0.2) is 121 Å². The number of anilines is 4. The van der Waals surface area contributed by atoms with Crippen molar-refractivity contribution in [2.75, 3.05) is 10.6 Å². The van der Waals surface area contributed by atoms with Gasteiger partial charge in [-0.2, -0.15) is 0 Å². The van der Waals surface area contributed by atoms with Gasteiger partial charge in [-0.15, -0.1) is 0 Å². The van der Waals surface area contributed by atoms with Gasteiger partial charge < -0.3 is 10.6 Å². The Morgan fingerprint density at radius 2 is 0.789 bits per heavy atom. The van der Waals surface area contributed by atoms with Crippen molar-refractivity contribution in [1.29, 1.82) is 0 Å². The predicted molar refractivity (Wildman–Crippen MR) is 156 cm³/mol. The molecule has 0 spiro atoms. The Morgan fingerprint density at radius 3 is 1.18 bits per heavy atom. The van der Waals surface area contributed by atoms with Crippen LogP contribution in [0, 0.1) is 13.8 Å². The van der Waals surface area contributed by atoms with Crippen LogP contribution < -0.4 is 113 Å². The van der Waals surface area contributed by atoms with Crippen molar-refractivity contribution in [2.45, 2.75) is 13.8 Å². The van der Waals surface area contributed by atoms with Gasteiger partial charge in [0.2, 0.25) is 0 Å². The number of para-hydroxylation sites is 2. The largest absolute Gasteiger partial charge is 1.00 e. The SMILES string of the molecule is Cc1cccc2c(-c3ccc(Nc4ccccc4)c4c(C)cccc34)ccc(Nc3ccccc3)c12.[K+].[K+]. The summed E-state index contributed by atoms with van der Waals surface area (Å²) in [5, 5.41) is 12.3.